The van der Waals surface area contributed by atoms with Gasteiger partial charge in [0.25, 0.3) is 5.91 Å². The van der Waals surface area contributed by atoms with Gasteiger partial charge in [-0.25, -0.2) is 4.39 Å². The SMILES string of the molecule is O=C(NCCc1ccccc1)C(c1ccccc1)N(Cc1ccc(F)cc1)C(=O)COc1ccccc1. The highest BCUT2D eigenvalue weighted by Crippen LogP contribution is 2.24. The highest BCUT2D eigenvalue weighted by molar-refractivity contribution is 5.89. The number of nitrogens with zero attached hydrogens (tertiary/aromatic N) is 1. The smallest absolute Gasteiger partial charge is 0.261 e. The molecule has 1 atom stereocenters. The monoisotopic (exact) mass is 496 g/mol. The number of ether oxygens (including phenoxy) is 1. The number of hydrogen-bond acceptors (Lipinski definition) is 3. The van der Waals surface area contributed by atoms with Gasteiger partial charge in [-0.1, -0.05) is 91.0 Å². The van der Waals surface area contributed by atoms with Crippen LogP contribution in [0.25, 0.3) is 0 Å². The van der Waals surface area contributed by atoms with Gasteiger partial charge in [0.2, 0.25) is 5.91 Å². The molecule has 4 aromatic rings. The maximum atomic E-state index is 13.6. The number of rotatable bonds is 11. The van der Waals surface area contributed by atoms with Crippen molar-refractivity contribution in [3.05, 3.63) is 138 Å². The number of para-hydroxylation sites is 1. The van der Waals surface area contributed by atoms with Crippen molar-refractivity contribution in [1.29, 1.82) is 0 Å². The molecule has 0 aliphatic carbocycles. The standard InChI is InChI=1S/C31H29FN2O3/c32-27-18-16-25(17-19-27)22-34(29(35)23-37-28-14-8-3-9-15-28)30(26-12-6-2-7-13-26)31(36)33-21-20-24-10-4-1-5-11-24/h1-19,30H,20-23H2,(H,33,36). The molecule has 0 spiro atoms. The fourth-order valence-corrected chi connectivity index (χ4v) is 4.03. The Labute approximate surface area is 216 Å². The molecule has 1 unspecified atom stereocenters. The van der Waals surface area contributed by atoms with E-state index in [4.69, 9.17) is 4.74 Å². The number of nitrogens with one attached hydrogen (secondary N) is 1. The van der Waals surface area contributed by atoms with Gasteiger partial charge in [-0.05, 0) is 47.4 Å². The molecule has 1 N–H and O–H groups in total. The summed E-state index contributed by atoms with van der Waals surface area (Å²) in [5.74, 6) is -0.467. The molecule has 0 aliphatic rings. The first-order chi connectivity index (χ1) is 18.1. The van der Waals surface area contributed by atoms with Crippen molar-refractivity contribution in [2.45, 2.75) is 19.0 Å². The van der Waals surface area contributed by atoms with E-state index in [0.29, 0.717) is 29.8 Å². The van der Waals surface area contributed by atoms with Gasteiger partial charge in [-0.15, -0.1) is 0 Å². The summed E-state index contributed by atoms with van der Waals surface area (Å²) in [4.78, 5) is 28.6. The molecule has 37 heavy (non-hydrogen) atoms. The molecule has 0 saturated heterocycles. The summed E-state index contributed by atoms with van der Waals surface area (Å²) in [6, 6.07) is 33.1. The predicted molar refractivity (Wildman–Crippen MR) is 141 cm³/mol. The number of amides is 2. The van der Waals surface area contributed by atoms with E-state index in [1.54, 1.807) is 24.3 Å². The lowest BCUT2D eigenvalue weighted by molar-refractivity contribution is -0.143. The minimum absolute atomic E-state index is 0.114. The second kappa shape index (κ2) is 13.0. The van der Waals surface area contributed by atoms with Crippen molar-refractivity contribution in [3.8, 4) is 5.75 Å². The molecule has 4 rings (SSSR count). The molecule has 0 fully saturated rings. The fraction of sp³-hybridized carbons (Fsp3) is 0.161. The average molecular weight is 497 g/mol. The minimum atomic E-state index is -0.895. The van der Waals surface area contributed by atoms with E-state index in [1.165, 1.54) is 17.0 Å². The van der Waals surface area contributed by atoms with E-state index >= 15 is 0 Å². The van der Waals surface area contributed by atoms with E-state index < -0.39 is 6.04 Å². The van der Waals surface area contributed by atoms with E-state index in [1.807, 2.05) is 78.9 Å². The van der Waals surface area contributed by atoms with Crippen LogP contribution in [-0.4, -0.2) is 29.9 Å². The van der Waals surface area contributed by atoms with E-state index in [9.17, 15) is 14.0 Å². The Morgan fingerprint density at radius 2 is 1.35 bits per heavy atom. The quantitative estimate of drug-likeness (QED) is 0.305. The Morgan fingerprint density at radius 3 is 2.00 bits per heavy atom. The lowest BCUT2D eigenvalue weighted by atomic mass is 10.0. The van der Waals surface area contributed by atoms with Crippen molar-refractivity contribution in [2.75, 3.05) is 13.2 Å². The lowest BCUT2D eigenvalue weighted by Gasteiger charge is -2.31. The molecular formula is C31H29FN2O3. The summed E-state index contributed by atoms with van der Waals surface area (Å²) in [5, 5.41) is 3.00. The van der Waals surface area contributed by atoms with Gasteiger partial charge in [-0.2, -0.15) is 0 Å². The van der Waals surface area contributed by atoms with Gasteiger partial charge in [-0.3, -0.25) is 9.59 Å². The number of halogens is 1. The predicted octanol–water partition coefficient (Wildman–Crippen LogP) is 5.33. The van der Waals surface area contributed by atoms with Crippen LogP contribution in [0.4, 0.5) is 4.39 Å². The zero-order valence-electron chi connectivity index (χ0n) is 20.4. The Bertz CT molecular complexity index is 1270. The molecule has 188 valence electrons. The molecule has 6 heteroatoms. The third-order valence-electron chi connectivity index (χ3n) is 5.92. The summed E-state index contributed by atoms with van der Waals surface area (Å²) in [7, 11) is 0. The Morgan fingerprint density at radius 1 is 0.757 bits per heavy atom. The molecular weight excluding hydrogens is 467 g/mol. The molecule has 0 bridgehead atoms. The van der Waals surface area contributed by atoms with Crippen molar-refractivity contribution in [2.24, 2.45) is 0 Å². The molecule has 2 amide bonds. The zero-order valence-corrected chi connectivity index (χ0v) is 20.4. The van der Waals surface area contributed by atoms with Crippen molar-refractivity contribution < 1.29 is 18.7 Å². The van der Waals surface area contributed by atoms with Gasteiger partial charge >= 0.3 is 0 Å². The number of hydrogen-bond donors (Lipinski definition) is 1. The number of benzene rings is 4. The van der Waals surface area contributed by atoms with Crippen LogP contribution < -0.4 is 10.1 Å². The summed E-state index contributed by atoms with van der Waals surface area (Å²) in [6.45, 7) is 0.292. The summed E-state index contributed by atoms with van der Waals surface area (Å²) >= 11 is 0. The summed E-state index contributed by atoms with van der Waals surface area (Å²) < 4.78 is 19.3. The van der Waals surface area contributed by atoms with E-state index in [2.05, 4.69) is 5.32 Å². The summed E-state index contributed by atoms with van der Waals surface area (Å²) in [6.07, 6.45) is 0.664. The van der Waals surface area contributed by atoms with Crippen molar-refractivity contribution in [1.82, 2.24) is 10.2 Å². The fourth-order valence-electron chi connectivity index (χ4n) is 4.03. The van der Waals surface area contributed by atoms with Crippen molar-refractivity contribution >= 4 is 11.8 Å². The van der Waals surface area contributed by atoms with Crippen LogP contribution in [0.5, 0.6) is 5.75 Å². The topological polar surface area (TPSA) is 58.6 Å². The Hall–Kier alpha value is -4.45. The van der Waals surface area contributed by atoms with Gasteiger partial charge in [0, 0.05) is 13.1 Å². The first-order valence-corrected chi connectivity index (χ1v) is 12.2. The van der Waals surface area contributed by atoms with Crippen LogP contribution in [0, 0.1) is 5.82 Å². The zero-order chi connectivity index (χ0) is 25.9. The van der Waals surface area contributed by atoms with Crippen LogP contribution in [0.15, 0.2) is 115 Å². The van der Waals surface area contributed by atoms with Crippen LogP contribution in [0.2, 0.25) is 0 Å². The molecule has 0 radical (unpaired) electrons. The Balaban J connectivity index is 1.58. The van der Waals surface area contributed by atoms with Gasteiger partial charge in [0.05, 0.1) is 0 Å². The van der Waals surface area contributed by atoms with Gasteiger partial charge < -0.3 is 15.0 Å². The average Bonchev–Trinajstić information content (AvgIpc) is 2.94. The lowest BCUT2D eigenvalue weighted by Crippen LogP contribution is -2.45. The molecule has 5 nitrogen and oxygen atoms in total. The molecule has 0 aromatic heterocycles. The minimum Gasteiger partial charge on any atom is -0.484 e. The van der Waals surface area contributed by atoms with E-state index in [-0.39, 0.29) is 30.8 Å². The second-order valence-electron chi connectivity index (χ2n) is 8.59. The number of carbonyl (C=O) groups excluding carboxylic acids is 2. The van der Waals surface area contributed by atoms with Crippen LogP contribution >= 0.6 is 0 Å². The molecule has 0 aliphatic heterocycles. The number of carbonyl (C=O) groups is 2. The van der Waals surface area contributed by atoms with Crippen LogP contribution in [0.1, 0.15) is 22.7 Å². The maximum absolute atomic E-state index is 13.6. The molecule has 0 heterocycles. The first-order valence-electron chi connectivity index (χ1n) is 12.2. The molecule has 4 aromatic carbocycles. The first kappa shape index (κ1) is 25.6. The highest BCUT2D eigenvalue weighted by Gasteiger charge is 2.31. The summed E-state index contributed by atoms with van der Waals surface area (Å²) in [5.41, 5.74) is 2.48. The van der Waals surface area contributed by atoms with Crippen LogP contribution in [-0.2, 0) is 22.6 Å². The molecule has 0 saturated carbocycles. The van der Waals surface area contributed by atoms with Crippen LogP contribution in [0.3, 0.4) is 0 Å². The third-order valence-corrected chi connectivity index (χ3v) is 5.92. The third kappa shape index (κ3) is 7.51. The maximum Gasteiger partial charge on any atom is 0.261 e. The van der Waals surface area contributed by atoms with Crippen molar-refractivity contribution in [3.63, 3.8) is 0 Å². The highest BCUT2D eigenvalue weighted by atomic mass is 19.1. The van der Waals surface area contributed by atoms with E-state index in [0.717, 1.165) is 5.56 Å². The van der Waals surface area contributed by atoms with Gasteiger partial charge in [0.1, 0.15) is 17.6 Å². The Kier molecular flexibility index (Phi) is 9.02. The normalized spacial score (nSPS) is 11.4. The van der Waals surface area contributed by atoms with Gasteiger partial charge in [0.15, 0.2) is 6.61 Å². The second-order valence-corrected chi connectivity index (χ2v) is 8.59. The largest absolute Gasteiger partial charge is 0.484 e.